The maximum Gasteiger partial charge on any atom is 0.422 e. The number of hydrogen-bond donors (Lipinski definition) is 2. The van der Waals surface area contributed by atoms with E-state index in [1.807, 2.05) is 18.2 Å². The van der Waals surface area contributed by atoms with Gasteiger partial charge in [0.25, 0.3) is 0 Å². The Balaban J connectivity index is 1.58. The summed E-state index contributed by atoms with van der Waals surface area (Å²) in [5.41, 5.74) is 1.52. The van der Waals surface area contributed by atoms with Gasteiger partial charge in [-0.2, -0.15) is 13.2 Å². The van der Waals surface area contributed by atoms with E-state index < -0.39 is 12.8 Å². The molecule has 0 atom stereocenters. The van der Waals surface area contributed by atoms with Crippen LogP contribution in [0.5, 0.6) is 17.2 Å². The number of halogens is 3. The molecule has 0 saturated carbocycles. The van der Waals surface area contributed by atoms with Gasteiger partial charge in [-0.25, -0.2) is 0 Å². The molecule has 0 aromatic heterocycles. The van der Waals surface area contributed by atoms with Gasteiger partial charge < -0.3 is 24.8 Å². The maximum absolute atomic E-state index is 12.3. The van der Waals surface area contributed by atoms with Crippen molar-refractivity contribution in [2.24, 2.45) is 4.99 Å². The number of rotatable bonds is 5. The SMILES string of the molecule is CN=C(NCc1cccc(OCC(F)(F)F)c1)Nc1ccc2c(c1)OCCCO2. The number of alkyl halides is 3. The highest BCUT2D eigenvalue weighted by Gasteiger charge is 2.28. The molecule has 2 aromatic rings. The molecule has 1 aliphatic rings. The molecule has 0 radical (unpaired) electrons. The molecule has 6 nitrogen and oxygen atoms in total. The van der Waals surface area contributed by atoms with Crippen LogP contribution in [-0.2, 0) is 6.54 Å². The molecule has 0 amide bonds. The monoisotopic (exact) mass is 409 g/mol. The predicted molar refractivity (Wildman–Crippen MR) is 104 cm³/mol. The Morgan fingerprint density at radius 3 is 2.66 bits per heavy atom. The predicted octanol–water partition coefficient (Wildman–Crippen LogP) is 3.98. The van der Waals surface area contributed by atoms with Crippen LogP contribution in [0.2, 0.25) is 0 Å². The van der Waals surface area contributed by atoms with Crippen LogP contribution in [0.3, 0.4) is 0 Å². The van der Waals surface area contributed by atoms with Crippen molar-refractivity contribution >= 4 is 11.6 Å². The van der Waals surface area contributed by atoms with Gasteiger partial charge in [-0.15, -0.1) is 0 Å². The first-order valence-electron chi connectivity index (χ1n) is 9.09. The number of benzene rings is 2. The highest BCUT2D eigenvalue weighted by molar-refractivity contribution is 5.93. The molecule has 0 spiro atoms. The molecule has 29 heavy (non-hydrogen) atoms. The largest absolute Gasteiger partial charge is 0.490 e. The van der Waals surface area contributed by atoms with Crippen molar-refractivity contribution in [1.82, 2.24) is 5.32 Å². The molecule has 0 fully saturated rings. The number of hydrogen-bond acceptors (Lipinski definition) is 4. The molecule has 0 saturated heterocycles. The second kappa shape index (κ2) is 9.40. The lowest BCUT2D eigenvalue weighted by atomic mass is 10.2. The lowest BCUT2D eigenvalue weighted by Crippen LogP contribution is -2.30. The summed E-state index contributed by atoms with van der Waals surface area (Å²) in [5, 5.41) is 6.27. The third-order valence-corrected chi connectivity index (χ3v) is 3.99. The summed E-state index contributed by atoms with van der Waals surface area (Å²) in [6, 6.07) is 12.0. The third kappa shape index (κ3) is 6.48. The molecule has 2 N–H and O–H groups in total. The summed E-state index contributed by atoms with van der Waals surface area (Å²) in [7, 11) is 1.63. The molecule has 0 unspecified atom stereocenters. The molecule has 0 bridgehead atoms. The van der Waals surface area contributed by atoms with Crippen LogP contribution in [0.4, 0.5) is 18.9 Å². The molecule has 2 aromatic carbocycles. The van der Waals surface area contributed by atoms with Crippen LogP contribution in [0.25, 0.3) is 0 Å². The second-order valence-corrected chi connectivity index (χ2v) is 6.31. The summed E-state index contributed by atoms with van der Waals surface area (Å²) in [5.74, 6) is 2.03. The molecule has 3 rings (SSSR count). The standard InChI is InChI=1S/C20H22F3N3O3/c1-24-19(26-15-6-7-17-18(11-15)28-9-3-8-27-17)25-12-14-4-2-5-16(10-14)29-13-20(21,22)23/h2,4-7,10-11H,3,8-9,12-13H2,1H3,(H2,24,25,26). The number of anilines is 1. The molecular weight excluding hydrogens is 387 g/mol. The van der Waals surface area contributed by atoms with Crippen molar-refractivity contribution in [3.8, 4) is 17.2 Å². The lowest BCUT2D eigenvalue weighted by molar-refractivity contribution is -0.153. The average molecular weight is 409 g/mol. The fraction of sp³-hybridized carbons (Fsp3) is 0.350. The van der Waals surface area contributed by atoms with Gasteiger partial charge in [0.1, 0.15) is 5.75 Å². The summed E-state index contributed by atoms with van der Waals surface area (Å²) in [6.45, 7) is 0.246. The summed E-state index contributed by atoms with van der Waals surface area (Å²) < 4.78 is 53.0. The molecule has 156 valence electrons. The van der Waals surface area contributed by atoms with E-state index in [0.717, 1.165) is 17.7 Å². The summed E-state index contributed by atoms with van der Waals surface area (Å²) >= 11 is 0. The van der Waals surface area contributed by atoms with Crippen molar-refractivity contribution < 1.29 is 27.4 Å². The van der Waals surface area contributed by atoms with Gasteiger partial charge in [-0.3, -0.25) is 4.99 Å². The van der Waals surface area contributed by atoms with E-state index in [1.165, 1.54) is 6.07 Å². The molecule has 9 heteroatoms. The minimum atomic E-state index is -4.37. The fourth-order valence-electron chi connectivity index (χ4n) is 2.65. The van der Waals surface area contributed by atoms with Crippen molar-refractivity contribution in [2.45, 2.75) is 19.1 Å². The second-order valence-electron chi connectivity index (χ2n) is 6.31. The van der Waals surface area contributed by atoms with E-state index in [-0.39, 0.29) is 5.75 Å². The van der Waals surface area contributed by atoms with Crippen LogP contribution in [-0.4, -0.2) is 39.0 Å². The number of aliphatic imine (C=N–C) groups is 1. The molecular formula is C20H22F3N3O3. The number of guanidine groups is 1. The van der Waals surface area contributed by atoms with Crippen molar-refractivity contribution in [3.63, 3.8) is 0 Å². The maximum atomic E-state index is 12.3. The lowest BCUT2D eigenvalue weighted by Gasteiger charge is -2.14. The zero-order valence-electron chi connectivity index (χ0n) is 15.9. The Bertz CT molecular complexity index is 856. The van der Waals surface area contributed by atoms with E-state index >= 15 is 0 Å². The normalized spacial score (nSPS) is 14.1. The van der Waals surface area contributed by atoms with Crippen LogP contribution >= 0.6 is 0 Å². The number of nitrogens with one attached hydrogen (secondary N) is 2. The Morgan fingerprint density at radius 2 is 1.90 bits per heavy atom. The van der Waals surface area contributed by atoms with Crippen LogP contribution in [0.1, 0.15) is 12.0 Å². The Morgan fingerprint density at radius 1 is 1.10 bits per heavy atom. The molecule has 1 aliphatic heterocycles. The number of ether oxygens (including phenoxy) is 3. The van der Waals surface area contributed by atoms with Crippen molar-refractivity contribution in [2.75, 3.05) is 32.2 Å². The fourth-order valence-corrected chi connectivity index (χ4v) is 2.65. The first-order valence-corrected chi connectivity index (χ1v) is 9.09. The van der Waals surface area contributed by atoms with Crippen molar-refractivity contribution in [1.29, 1.82) is 0 Å². The highest BCUT2D eigenvalue weighted by Crippen LogP contribution is 2.32. The minimum Gasteiger partial charge on any atom is -0.490 e. The smallest absolute Gasteiger partial charge is 0.422 e. The van der Waals surface area contributed by atoms with Gasteiger partial charge >= 0.3 is 6.18 Å². The van der Waals surface area contributed by atoms with Gasteiger partial charge in [0.05, 0.1) is 13.2 Å². The van der Waals surface area contributed by atoms with Gasteiger partial charge in [0, 0.05) is 31.8 Å². The quantitative estimate of drug-likeness (QED) is 0.578. The minimum absolute atomic E-state index is 0.160. The van der Waals surface area contributed by atoms with Gasteiger partial charge in [0.2, 0.25) is 0 Å². The first-order chi connectivity index (χ1) is 13.9. The van der Waals surface area contributed by atoms with Crippen LogP contribution in [0.15, 0.2) is 47.5 Å². The summed E-state index contributed by atoms with van der Waals surface area (Å²) in [6.07, 6.45) is -3.55. The van der Waals surface area contributed by atoms with E-state index in [1.54, 1.807) is 25.2 Å². The Kier molecular flexibility index (Phi) is 6.69. The molecule has 0 aliphatic carbocycles. The van der Waals surface area contributed by atoms with E-state index in [0.29, 0.717) is 37.2 Å². The van der Waals surface area contributed by atoms with Crippen LogP contribution in [0, 0.1) is 0 Å². The topological polar surface area (TPSA) is 64.1 Å². The van der Waals surface area contributed by atoms with Crippen molar-refractivity contribution in [3.05, 3.63) is 48.0 Å². The van der Waals surface area contributed by atoms with Gasteiger partial charge in [-0.1, -0.05) is 12.1 Å². The molecule has 1 heterocycles. The summed E-state index contributed by atoms with van der Waals surface area (Å²) in [4.78, 5) is 4.16. The zero-order valence-corrected chi connectivity index (χ0v) is 15.9. The van der Waals surface area contributed by atoms with Crippen LogP contribution < -0.4 is 24.8 Å². The first kappa shape index (κ1) is 20.6. The number of fused-ring (bicyclic) bond motifs is 1. The zero-order chi connectivity index (χ0) is 20.7. The third-order valence-electron chi connectivity index (χ3n) is 3.99. The van der Waals surface area contributed by atoms with E-state index in [9.17, 15) is 13.2 Å². The van der Waals surface area contributed by atoms with Gasteiger partial charge in [0.15, 0.2) is 24.1 Å². The Hall–Kier alpha value is -3.10. The van der Waals surface area contributed by atoms with E-state index in [2.05, 4.69) is 15.6 Å². The van der Waals surface area contributed by atoms with E-state index in [4.69, 9.17) is 14.2 Å². The highest BCUT2D eigenvalue weighted by atomic mass is 19.4. The van der Waals surface area contributed by atoms with Gasteiger partial charge in [-0.05, 0) is 29.8 Å². The average Bonchev–Trinajstić information content (AvgIpc) is 2.94. The number of nitrogens with zero attached hydrogens (tertiary/aromatic N) is 1. The Labute approximate surface area is 166 Å².